The Kier molecular flexibility index (Phi) is 3.77. The molecule has 0 radical (unpaired) electrons. The molecule has 0 unspecified atom stereocenters. The number of imidazole rings is 1. The lowest BCUT2D eigenvalue weighted by Crippen LogP contribution is -2.33. The van der Waals surface area contributed by atoms with E-state index in [9.17, 15) is 4.79 Å². The summed E-state index contributed by atoms with van der Waals surface area (Å²) in [5.41, 5.74) is 2.38. The summed E-state index contributed by atoms with van der Waals surface area (Å²) in [5, 5.41) is 0. The lowest BCUT2D eigenvalue weighted by molar-refractivity contribution is 0.199. The number of aromatic nitrogens is 2. The van der Waals surface area contributed by atoms with Crippen molar-refractivity contribution in [1.82, 2.24) is 14.5 Å². The zero-order valence-electron chi connectivity index (χ0n) is 10.7. The van der Waals surface area contributed by atoms with Gasteiger partial charge in [-0.3, -0.25) is 4.57 Å². The van der Waals surface area contributed by atoms with Gasteiger partial charge in [-0.1, -0.05) is 24.3 Å². The molecule has 0 fully saturated rings. The summed E-state index contributed by atoms with van der Waals surface area (Å²) in [6, 6.07) is 8.08. The predicted octanol–water partition coefficient (Wildman–Crippen LogP) is 2.68. The highest BCUT2D eigenvalue weighted by atomic mass is 16.2. The monoisotopic (exact) mass is 243 g/mol. The molecule has 1 heterocycles. The Morgan fingerprint density at radius 1 is 1.39 bits per heavy atom. The Bertz CT molecular complexity index is 520. The minimum atomic E-state index is -0.0433. The van der Waals surface area contributed by atoms with Crippen LogP contribution in [0.2, 0.25) is 0 Å². The first kappa shape index (κ1) is 12.4. The van der Waals surface area contributed by atoms with Crippen LogP contribution < -0.4 is 0 Å². The molecule has 18 heavy (non-hydrogen) atoms. The molecule has 0 aliphatic rings. The van der Waals surface area contributed by atoms with E-state index >= 15 is 0 Å². The second-order valence-corrected chi connectivity index (χ2v) is 4.19. The summed E-state index contributed by atoms with van der Waals surface area (Å²) in [6.07, 6.45) is 4.81. The van der Waals surface area contributed by atoms with Crippen molar-refractivity contribution in [2.45, 2.75) is 20.4 Å². The summed E-state index contributed by atoms with van der Waals surface area (Å²) < 4.78 is 1.50. The summed E-state index contributed by atoms with van der Waals surface area (Å²) >= 11 is 0. The molecule has 2 aromatic rings. The second kappa shape index (κ2) is 5.49. The van der Waals surface area contributed by atoms with E-state index in [1.54, 1.807) is 17.3 Å². The number of hydrogen-bond donors (Lipinski definition) is 0. The molecule has 4 heteroatoms. The first-order valence-electron chi connectivity index (χ1n) is 6.04. The molecule has 0 bridgehead atoms. The Balaban J connectivity index is 2.15. The van der Waals surface area contributed by atoms with Crippen molar-refractivity contribution in [3.05, 3.63) is 54.1 Å². The molecule has 0 atom stereocenters. The van der Waals surface area contributed by atoms with Crippen molar-refractivity contribution in [2.24, 2.45) is 0 Å². The van der Waals surface area contributed by atoms with Crippen LogP contribution >= 0.6 is 0 Å². The number of aryl methyl sites for hydroxylation is 1. The average molecular weight is 243 g/mol. The van der Waals surface area contributed by atoms with Crippen LogP contribution in [0.15, 0.2) is 43.0 Å². The van der Waals surface area contributed by atoms with Gasteiger partial charge in [0.15, 0.2) is 0 Å². The largest absolute Gasteiger partial charge is 0.329 e. The lowest BCUT2D eigenvalue weighted by Gasteiger charge is -2.21. The first-order valence-corrected chi connectivity index (χ1v) is 6.04. The van der Waals surface area contributed by atoms with Gasteiger partial charge in [0, 0.05) is 25.5 Å². The van der Waals surface area contributed by atoms with Gasteiger partial charge in [0.2, 0.25) is 0 Å². The summed E-state index contributed by atoms with van der Waals surface area (Å²) in [4.78, 5) is 17.9. The Labute approximate surface area is 107 Å². The van der Waals surface area contributed by atoms with E-state index < -0.39 is 0 Å². The molecule has 4 nitrogen and oxygen atoms in total. The highest BCUT2D eigenvalue weighted by Crippen LogP contribution is 2.11. The standard InChI is InChI=1S/C14H17N3O/c1-3-16(14(18)17-9-8-15-11-17)10-13-7-5-4-6-12(13)2/h4-9,11H,3,10H2,1-2H3. The zero-order valence-corrected chi connectivity index (χ0v) is 10.7. The number of amides is 1. The minimum absolute atomic E-state index is 0.0433. The minimum Gasteiger partial charge on any atom is -0.320 e. The Morgan fingerprint density at radius 3 is 2.78 bits per heavy atom. The Hall–Kier alpha value is -2.10. The average Bonchev–Trinajstić information content (AvgIpc) is 2.91. The fraction of sp³-hybridized carbons (Fsp3) is 0.286. The summed E-state index contributed by atoms with van der Waals surface area (Å²) in [7, 11) is 0. The van der Waals surface area contributed by atoms with Gasteiger partial charge in [-0.15, -0.1) is 0 Å². The second-order valence-electron chi connectivity index (χ2n) is 4.19. The smallest absolute Gasteiger partial charge is 0.320 e. The summed E-state index contributed by atoms with van der Waals surface area (Å²) in [6.45, 7) is 5.34. The lowest BCUT2D eigenvalue weighted by atomic mass is 10.1. The normalized spacial score (nSPS) is 10.3. The van der Waals surface area contributed by atoms with E-state index in [0.717, 1.165) is 0 Å². The highest BCUT2D eigenvalue weighted by Gasteiger charge is 2.14. The fourth-order valence-corrected chi connectivity index (χ4v) is 1.84. The number of benzene rings is 1. The topological polar surface area (TPSA) is 38.1 Å². The molecule has 1 aromatic heterocycles. The third-order valence-corrected chi connectivity index (χ3v) is 3.00. The fourth-order valence-electron chi connectivity index (χ4n) is 1.84. The zero-order chi connectivity index (χ0) is 13.0. The van der Waals surface area contributed by atoms with Gasteiger partial charge >= 0.3 is 6.03 Å². The third kappa shape index (κ3) is 2.59. The SMILES string of the molecule is CCN(Cc1ccccc1C)C(=O)n1ccnc1. The number of carbonyl (C=O) groups is 1. The van der Waals surface area contributed by atoms with Crippen LogP contribution in [0.25, 0.3) is 0 Å². The molecule has 1 amide bonds. The molecule has 0 saturated heterocycles. The molecule has 2 rings (SSSR count). The molecule has 94 valence electrons. The number of nitrogens with zero attached hydrogens (tertiary/aromatic N) is 3. The Morgan fingerprint density at radius 2 is 2.17 bits per heavy atom. The van der Waals surface area contributed by atoms with Crippen LogP contribution in [0.3, 0.4) is 0 Å². The molecule has 1 aromatic carbocycles. The first-order chi connectivity index (χ1) is 8.72. The number of rotatable bonds is 3. The molecule has 0 aliphatic carbocycles. The van der Waals surface area contributed by atoms with Crippen molar-refractivity contribution < 1.29 is 4.79 Å². The highest BCUT2D eigenvalue weighted by molar-refractivity contribution is 5.76. The maximum absolute atomic E-state index is 12.2. The van der Waals surface area contributed by atoms with Crippen LogP contribution in [0.5, 0.6) is 0 Å². The van der Waals surface area contributed by atoms with E-state index in [4.69, 9.17) is 0 Å². The van der Waals surface area contributed by atoms with Crippen LogP contribution in [0.1, 0.15) is 18.1 Å². The van der Waals surface area contributed by atoms with E-state index in [1.807, 2.05) is 19.1 Å². The van der Waals surface area contributed by atoms with Gasteiger partial charge in [0.05, 0.1) is 0 Å². The van der Waals surface area contributed by atoms with Gasteiger partial charge in [0.25, 0.3) is 0 Å². The van der Waals surface area contributed by atoms with Crippen molar-refractivity contribution in [1.29, 1.82) is 0 Å². The van der Waals surface area contributed by atoms with Crippen molar-refractivity contribution in [2.75, 3.05) is 6.54 Å². The van der Waals surface area contributed by atoms with E-state index in [0.29, 0.717) is 13.1 Å². The van der Waals surface area contributed by atoms with Gasteiger partial charge < -0.3 is 4.90 Å². The molecular weight excluding hydrogens is 226 g/mol. The van der Waals surface area contributed by atoms with Crippen molar-refractivity contribution in [3.8, 4) is 0 Å². The van der Waals surface area contributed by atoms with Crippen LogP contribution in [-0.2, 0) is 6.54 Å². The van der Waals surface area contributed by atoms with Crippen molar-refractivity contribution >= 4 is 6.03 Å². The predicted molar refractivity (Wildman–Crippen MR) is 70.3 cm³/mol. The maximum Gasteiger partial charge on any atom is 0.329 e. The molecule has 0 saturated carbocycles. The van der Waals surface area contributed by atoms with Gasteiger partial charge in [-0.2, -0.15) is 0 Å². The van der Waals surface area contributed by atoms with E-state index in [2.05, 4.69) is 24.0 Å². The van der Waals surface area contributed by atoms with Crippen LogP contribution in [-0.4, -0.2) is 27.0 Å². The van der Waals surface area contributed by atoms with Gasteiger partial charge in [-0.05, 0) is 25.0 Å². The molecular formula is C14H17N3O. The molecule has 0 aliphatic heterocycles. The number of hydrogen-bond acceptors (Lipinski definition) is 2. The molecule has 0 spiro atoms. The number of carbonyl (C=O) groups excluding carboxylic acids is 1. The van der Waals surface area contributed by atoms with E-state index in [1.165, 1.54) is 22.0 Å². The van der Waals surface area contributed by atoms with Gasteiger partial charge in [-0.25, -0.2) is 9.78 Å². The maximum atomic E-state index is 12.2. The van der Waals surface area contributed by atoms with Crippen molar-refractivity contribution in [3.63, 3.8) is 0 Å². The van der Waals surface area contributed by atoms with Crippen LogP contribution in [0, 0.1) is 6.92 Å². The quantitative estimate of drug-likeness (QED) is 0.831. The van der Waals surface area contributed by atoms with Crippen LogP contribution in [0.4, 0.5) is 4.79 Å². The van der Waals surface area contributed by atoms with E-state index in [-0.39, 0.29) is 6.03 Å². The van der Waals surface area contributed by atoms with Gasteiger partial charge in [0.1, 0.15) is 6.33 Å². The third-order valence-electron chi connectivity index (χ3n) is 3.00. The molecule has 0 N–H and O–H groups in total. The summed E-state index contributed by atoms with van der Waals surface area (Å²) in [5.74, 6) is 0.